The van der Waals surface area contributed by atoms with Gasteiger partial charge in [0.2, 0.25) is 0 Å². The van der Waals surface area contributed by atoms with E-state index in [0.29, 0.717) is 5.69 Å². The van der Waals surface area contributed by atoms with Crippen molar-refractivity contribution in [3.63, 3.8) is 0 Å². The van der Waals surface area contributed by atoms with E-state index < -0.39 is 5.91 Å². The molecule has 0 saturated carbocycles. The molecule has 0 aliphatic carbocycles. The van der Waals surface area contributed by atoms with Gasteiger partial charge in [-0.1, -0.05) is 6.07 Å². The summed E-state index contributed by atoms with van der Waals surface area (Å²) >= 11 is 0. The third kappa shape index (κ3) is 3.53. The van der Waals surface area contributed by atoms with Gasteiger partial charge in [-0.05, 0) is 24.3 Å². The molecule has 2 aromatic heterocycles. The molecular weight excluding hydrogens is 178 g/mol. The highest BCUT2D eigenvalue weighted by molar-refractivity contribution is 5.90. The number of nitrogens with zero attached hydrogens (tertiary/aromatic N) is 1. The molecule has 0 unspecified atom stereocenters. The van der Waals surface area contributed by atoms with Crippen LogP contribution in [0.1, 0.15) is 10.5 Å². The minimum absolute atomic E-state index is 0.303. The van der Waals surface area contributed by atoms with E-state index in [1.165, 1.54) is 6.20 Å². The van der Waals surface area contributed by atoms with Gasteiger partial charge >= 0.3 is 0 Å². The van der Waals surface area contributed by atoms with E-state index in [0.717, 1.165) is 0 Å². The van der Waals surface area contributed by atoms with Crippen molar-refractivity contribution in [3.8, 4) is 0 Å². The number of rotatable bonds is 1. The maximum Gasteiger partial charge on any atom is 0.267 e. The number of aromatic nitrogens is 2. The van der Waals surface area contributed by atoms with Crippen LogP contribution in [0.3, 0.4) is 0 Å². The summed E-state index contributed by atoms with van der Waals surface area (Å²) in [5, 5.41) is 0. The lowest BCUT2D eigenvalue weighted by Gasteiger charge is -1.88. The van der Waals surface area contributed by atoms with Crippen molar-refractivity contribution in [3.05, 3.63) is 54.6 Å². The Bertz CT molecular complexity index is 339. The first kappa shape index (κ1) is 9.98. The van der Waals surface area contributed by atoms with Gasteiger partial charge in [-0.3, -0.25) is 9.78 Å². The normalized spacial score (nSPS) is 8.57. The second-order valence-electron chi connectivity index (χ2n) is 2.46. The number of hydrogen-bond donors (Lipinski definition) is 2. The maximum absolute atomic E-state index is 10.4. The van der Waals surface area contributed by atoms with Crippen molar-refractivity contribution in [1.29, 1.82) is 0 Å². The predicted molar refractivity (Wildman–Crippen MR) is 53.5 cm³/mol. The Morgan fingerprint density at radius 1 is 1.21 bits per heavy atom. The molecule has 72 valence electrons. The highest BCUT2D eigenvalue weighted by Gasteiger charge is 1.95. The molecule has 2 aromatic rings. The van der Waals surface area contributed by atoms with Crippen LogP contribution in [0.25, 0.3) is 0 Å². The summed E-state index contributed by atoms with van der Waals surface area (Å²) in [5.41, 5.74) is 5.22. The van der Waals surface area contributed by atoms with Crippen molar-refractivity contribution in [2.75, 3.05) is 0 Å². The van der Waals surface area contributed by atoms with Gasteiger partial charge in [-0.25, -0.2) is 0 Å². The number of carbonyl (C=O) groups is 1. The van der Waals surface area contributed by atoms with Crippen LogP contribution in [0.4, 0.5) is 0 Å². The molecule has 0 bridgehead atoms. The monoisotopic (exact) mass is 189 g/mol. The number of nitrogens with one attached hydrogen (secondary N) is 1. The number of pyridine rings is 1. The lowest BCUT2D eigenvalue weighted by Crippen LogP contribution is -2.12. The van der Waals surface area contributed by atoms with E-state index in [1.807, 2.05) is 24.5 Å². The highest BCUT2D eigenvalue weighted by atomic mass is 16.1. The SMILES string of the molecule is NC(=O)c1ccccn1.c1cc[nH]c1. The Balaban J connectivity index is 0.000000165. The predicted octanol–water partition coefficient (Wildman–Crippen LogP) is 1.20. The minimum Gasteiger partial charge on any atom is -0.368 e. The van der Waals surface area contributed by atoms with Gasteiger partial charge in [0.15, 0.2) is 0 Å². The van der Waals surface area contributed by atoms with Crippen LogP contribution in [0, 0.1) is 0 Å². The number of aromatic amines is 1. The van der Waals surface area contributed by atoms with Crippen molar-refractivity contribution in [2.45, 2.75) is 0 Å². The van der Waals surface area contributed by atoms with Crippen molar-refractivity contribution in [1.82, 2.24) is 9.97 Å². The molecule has 2 rings (SSSR count). The smallest absolute Gasteiger partial charge is 0.267 e. The van der Waals surface area contributed by atoms with E-state index in [9.17, 15) is 4.79 Å². The maximum atomic E-state index is 10.4. The summed E-state index contributed by atoms with van der Waals surface area (Å²) in [5.74, 6) is -0.490. The van der Waals surface area contributed by atoms with Gasteiger partial charge in [-0.15, -0.1) is 0 Å². The Labute approximate surface area is 81.8 Å². The molecule has 0 saturated heterocycles. The Morgan fingerprint density at radius 2 is 1.93 bits per heavy atom. The first-order valence-corrected chi connectivity index (χ1v) is 4.09. The lowest BCUT2D eigenvalue weighted by molar-refractivity contribution is 0.0995. The van der Waals surface area contributed by atoms with E-state index in [1.54, 1.807) is 18.2 Å². The number of amides is 1. The summed E-state index contributed by atoms with van der Waals surface area (Å²) in [6, 6.07) is 8.90. The molecular formula is C10H11N3O. The number of carbonyl (C=O) groups excluding carboxylic acids is 1. The molecule has 14 heavy (non-hydrogen) atoms. The van der Waals surface area contributed by atoms with E-state index in [-0.39, 0.29) is 0 Å². The second kappa shape index (κ2) is 5.53. The van der Waals surface area contributed by atoms with Gasteiger partial charge in [0.1, 0.15) is 5.69 Å². The topological polar surface area (TPSA) is 71.8 Å². The zero-order valence-electron chi connectivity index (χ0n) is 7.55. The molecule has 4 heteroatoms. The summed E-state index contributed by atoms with van der Waals surface area (Å²) < 4.78 is 0. The molecule has 4 nitrogen and oxygen atoms in total. The Morgan fingerprint density at radius 3 is 2.21 bits per heavy atom. The van der Waals surface area contributed by atoms with Crippen LogP contribution in [0.5, 0.6) is 0 Å². The molecule has 0 atom stereocenters. The van der Waals surface area contributed by atoms with E-state index in [2.05, 4.69) is 9.97 Å². The molecule has 0 aliphatic rings. The highest BCUT2D eigenvalue weighted by Crippen LogP contribution is 1.88. The first-order valence-electron chi connectivity index (χ1n) is 4.09. The summed E-state index contributed by atoms with van der Waals surface area (Å²) in [7, 11) is 0. The zero-order valence-corrected chi connectivity index (χ0v) is 7.55. The van der Waals surface area contributed by atoms with E-state index in [4.69, 9.17) is 5.73 Å². The molecule has 2 heterocycles. The fourth-order valence-corrected chi connectivity index (χ4v) is 0.786. The van der Waals surface area contributed by atoms with Crippen molar-refractivity contribution in [2.24, 2.45) is 5.73 Å². The molecule has 3 N–H and O–H groups in total. The Kier molecular flexibility index (Phi) is 3.94. The van der Waals surface area contributed by atoms with Gasteiger partial charge in [-0.2, -0.15) is 0 Å². The number of H-pyrrole nitrogens is 1. The zero-order chi connectivity index (χ0) is 10.2. The molecule has 0 spiro atoms. The summed E-state index contributed by atoms with van der Waals surface area (Å²) in [4.78, 5) is 16.9. The third-order valence-corrected chi connectivity index (χ3v) is 1.41. The van der Waals surface area contributed by atoms with Gasteiger partial charge < -0.3 is 10.7 Å². The summed E-state index contributed by atoms with van der Waals surface area (Å²) in [6.45, 7) is 0. The largest absolute Gasteiger partial charge is 0.368 e. The van der Waals surface area contributed by atoms with Gasteiger partial charge in [0.05, 0.1) is 0 Å². The van der Waals surface area contributed by atoms with Crippen LogP contribution in [0.15, 0.2) is 48.9 Å². The molecule has 0 fully saturated rings. The second-order valence-corrected chi connectivity index (χ2v) is 2.46. The Hall–Kier alpha value is -2.10. The summed E-state index contributed by atoms with van der Waals surface area (Å²) in [6.07, 6.45) is 5.28. The molecule has 0 radical (unpaired) electrons. The fraction of sp³-hybridized carbons (Fsp3) is 0. The fourth-order valence-electron chi connectivity index (χ4n) is 0.786. The van der Waals surface area contributed by atoms with Crippen LogP contribution in [-0.4, -0.2) is 15.9 Å². The van der Waals surface area contributed by atoms with Crippen LogP contribution in [-0.2, 0) is 0 Å². The number of primary amides is 1. The van der Waals surface area contributed by atoms with Crippen molar-refractivity contribution >= 4 is 5.91 Å². The van der Waals surface area contributed by atoms with Crippen molar-refractivity contribution < 1.29 is 4.79 Å². The van der Waals surface area contributed by atoms with E-state index >= 15 is 0 Å². The third-order valence-electron chi connectivity index (χ3n) is 1.41. The average molecular weight is 189 g/mol. The van der Waals surface area contributed by atoms with Crippen LogP contribution >= 0.6 is 0 Å². The standard InChI is InChI=1S/C6H6N2O.C4H5N/c7-6(9)5-3-1-2-4-8-5;1-2-4-5-3-1/h1-4H,(H2,7,9);1-5H. The quantitative estimate of drug-likeness (QED) is 0.707. The average Bonchev–Trinajstić information content (AvgIpc) is 2.77. The van der Waals surface area contributed by atoms with Crippen LogP contribution in [0.2, 0.25) is 0 Å². The molecule has 1 amide bonds. The minimum atomic E-state index is -0.490. The lowest BCUT2D eigenvalue weighted by atomic mass is 10.3. The molecule has 0 aliphatic heterocycles. The van der Waals surface area contributed by atoms with Gasteiger partial charge in [0.25, 0.3) is 5.91 Å². The van der Waals surface area contributed by atoms with Crippen LogP contribution < -0.4 is 5.73 Å². The van der Waals surface area contributed by atoms with Gasteiger partial charge in [0, 0.05) is 18.6 Å². The molecule has 0 aromatic carbocycles. The number of nitrogens with two attached hydrogens (primary N) is 1. The number of hydrogen-bond acceptors (Lipinski definition) is 2. The first-order chi connectivity index (χ1) is 6.80.